The van der Waals surface area contributed by atoms with Gasteiger partial charge in [0, 0.05) is 5.69 Å². The number of methoxy groups -OCH3 is 1. The molecule has 2 amide bonds. The SMILES string of the molecule is CCOc1ccc(NC(=O)CNC(=O)COc2ccc(C)cc2OC)cc1. The van der Waals surface area contributed by atoms with Crippen molar-refractivity contribution in [1.29, 1.82) is 0 Å². The van der Waals surface area contributed by atoms with Crippen LogP contribution >= 0.6 is 0 Å². The highest BCUT2D eigenvalue weighted by Gasteiger charge is 2.09. The predicted molar refractivity (Wildman–Crippen MR) is 102 cm³/mol. The molecule has 2 rings (SSSR count). The second-order valence-electron chi connectivity index (χ2n) is 5.73. The molecule has 2 aromatic carbocycles. The first-order valence-corrected chi connectivity index (χ1v) is 8.58. The number of ether oxygens (including phenoxy) is 3. The first-order valence-electron chi connectivity index (χ1n) is 8.58. The lowest BCUT2D eigenvalue weighted by Crippen LogP contribution is -2.35. The third-order valence-corrected chi connectivity index (χ3v) is 3.57. The molecule has 0 spiro atoms. The molecule has 2 N–H and O–H groups in total. The highest BCUT2D eigenvalue weighted by atomic mass is 16.5. The second-order valence-corrected chi connectivity index (χ2v) is 5.73. The highest BCUT2D eigenvalue weighted by Crippen LogP contribution is 2.27. The number of rotatable bonds is 9. The Morgan fingerprint density at radius 2 is 1.70 bits per heavy atom. The maximum atomic E-state index is 11.9. The van der Waals surface area contributed by atoms with Crippen LogP contribution < -0.4 is 24.8 Å². The Labute approximate surface area is 158 Å². The molecule has 0 fully saturated rings. The average molecular weight is 372 g/mol. The fourth-order valence-corrected chi connectivity index (χ4v) is 2.27. The van der Waals surface area contributed by atoms with E-state index in [1.807, 2.05) is 26.0 Å². The lowest BCUT2D eigenvalue weighted by atomic mass is 10.2. The highest BCUT2D eigenvalue weighted by molar-refractivity contribution is 5.94. The van der Waals surface area contributed by atoms with Crippen molar-refractivity contribution in [3.05, 3.63) is 48.0 Å². The van der Waals surface area contributed by atoms with Crippen molar-refractivity contribution in [1.82, 2.24) is 5.32 Å². The molecule has 27 heavy (non-hydrogen) atoms. The molecule has 0 aliphatic heterocycles. The van der Waals surface area contributed by atoms with Gasteiger partial charge in [-0.15, -0.1) is 0 Å². The van der Waals surface area contributed by atoms with Gasteiger partial charge in [0.05, 0.1) is 20.3 Å². The Balaban J connectivity index is 1.75. The molecule has 0 bridgehead atoms. The average Bonchev–Trinajstić information content (AvgIpc) is 2.67. The molecule has 0 radical (unpaired) electrons. The third kappa shape index (κ3) is 6.54. The van der Waals surface area contributed by atoms with E-state index in [0.717, 1.165) is 11.3 Å². The third-order valence-electron chi connectivity index (χ3n) is 3.57. The Morgan fingerprint density at radius 3 is 2.37 bits per heavy atom. The van der Waals surface area contributed by atoms with E-state index in [4.69, 9.17) is 14.2 Å². The van der Waals surface area contributed by atoms with Gasteiger partial charge in [0.15, 0.2) is 18.1 Å². The zero-order valence-electron chi connectivity index (χ0n) is 15.7. The molecule has 0 aliphatic carbocycles. The lowest BCUT2D eigenvalue weighted by molar-refractivity contribution is -0.125. The maximum absolute atomic E-state index is 11.9. The topological polar surface area (TPSA) is 85.9 Å². The summed E-state index contributed by atoms with van der Waals surface area (Å²) >= 11 is 0. The molecule has 7 heteroatoms. The van der Waals surface area contributed by atoms with Crippen LogP contribution in [0, 0.1) is 6.92 Å². The number of aryl methyl sites for hydroxylation is 1. The summed E-state index contributed by atoms with van der Waals surface area (Å²) in [5.41, 5.74) is 1.65. The molecule has 0 aliphatic rings. The largest absolute Gasteiger partial charge is 0.494 e. The monoisotopic (exact) mass is 372 g/mol. The fraction of sp³-hybridized carbons (Fsp3) is 0.300. The summed E-state index contributed by atoms with van der Waals surface area (Å²) in [6.07, 6.45) is 0. The Morgan fingerprint density at radius 1 is 0.963 bits per heavy atom. The summed E-state index contributed by atoms with van der Waals surface area (Å²) in [6.45, 7) is 4.05. The minimum Gasteiger partial charge on any atom is -0.494 e. The summed E-state index contributed by atoms with van der Waals surface area (Å²) in [5, 5.41) is 5.21. The number of hydrogen-bond acceptors (Lipinski definition) is 5. The van der Waals surface area contributed by atoms with Gasteiger partial charge in [-0.05, 0) is 55.8 Å². The van der Waals surface area contributed by atoms with Crippen molar-refractivity contribution in [2.45, 2.75) is 13.8 Å². The van der Waals surface area contributed by atoms with Crippen LogP contribution in [-0.2, 0) is 9.59 Å². The number of anilines is 1. The Kier molecular flexibility index (Phi) is 7.49. The number of carbonyl (C=O) groups excluding carboxylic acids is 2. The van der Waals surface area contributed by atoms with Gasteiger partial charge in [0.1, 0.15) is 5.75 Å². The fourth-order valence-electron chi connectivity index (χ4n) is 2.27. The van der Waals surface area contributed by atoms with Crippen LogP contribution in [0.5, 0.6) is 17.2 Å². The Hall–Kier alpha value is -3.22. The van der Waals surface area contributed by atoms with Gasteiger partial charge in [-0.25, -0.2) is 0 Å². The molecule has 2 aromatic rings. The molecule has 0 atom stereocenters. The van der Waals surface area contributed by atoms with Gasteiger partial charge in [-0.3, -0.25) is 9.59 Å². The van der Waals surface area contributed by atoms with E-state index in [2.05, 4.69) is 10.6 Å². The van der Waals surface area contributed by atoms with E-state index in [9.17, 15) is 9.59 Å². The van der Waals surface area contributed by atoms with Crippen LogP contribution in [0.4, 0.5) is 5.69 Å². The number of amides is 2. The van der Waals surface area contributed by atoms with Crippen molar-refractivity contribution < 1.29 is 23.8 Å². The van der Waals surface area contributed by atoms with Crippen LogP contribution in [0.2, 0.25) is 0 Å². The summed E-state index contributed by atoms with van der Waals surface area (Å²) in [7, 11) is 1.53. The van der Waals surface area contributed by atoms with Crippen LogP contribution in [-0.4, -0.2) is 38.7 Å². The molecular weight excluding hydrogens is 348 g/mol. The van der Waals surface area contributed by atoms with Crippen molar-refractivity contribution in [3.8, 4) is 17.2 Å². The predicted octanol–water partition coefficient (Wildman–Crippen LogP) is 2.54. The number of carbonyl (C=O) groups is 2. The molecule has 0 unspecified atom stereocenters. The number of benzene rings is 2. The number of nitrogens with one attached hydrogen (secondary N) is 2. The number of hydrogen-bond donors (Lipinski definition) is 2. The lowest BCUT2D eigenvalue weighted by Gasteiger charge is -2.11. The van der Waals surface area contributed by atoms with Gasteiger partial charge in [0.2, 0.25) is 5.91 Å². The van der Waals surface area contributed by atoms with Gasteiger partial charge < -0.3 is 24.8 Å². The van der Waals surface area contributed by atoms with Gasteiger partial charge in [0.25, 0.3) is 5.91 Å². The van der Waals surface area contributed by atoms with Crippen LogP contribution in [0.3, 0.4) is 0 Å². The second kappa shape index (κ2) is 10.1. The first-order chi connectivity index (χ1) is 13.0. The molecule has 0 heterocycles. The van der Waals surface area contributed by atoms with E-state index in [1.54, 1.807) is 30.3 Å². The van der Waals surface area contributed by atoms with Gasteiger partial charge in [-0.1, -0.05) is 6.07 Å². The summed E-state index contributed by atoms with van der Waals surface area (Å²) in [6, 6.07) is 12.4. The van der Waals surface area contributed by atoms with Crippen molar-refractivity contribution in [3.63, 3.8) is 0 Å². The van der Waals surface area contributed by atoms with Crippen LogP contribution in [0.25, 0.3) is 0 Å². The van der Waals surface area contributed by atoms with E-state index in [0.29, 0.717) is 23.8 Å². The molecule has 0 saturated carbocycles. The smallest absolute Gasteiger partial charge is 0.258 e. The molecule has 0 saturated heterocycles. The van der Waals surface area contributed by atoms with Crippen LogP contribution in [0.1, 0.15) is 12.5 Å². The minimum absolute atomic E-state index is 0.152. The van der Waals surface area contributed by atoms with Crippen molar-refractivity contribution in [2.75, 3.05) is 32.2 Å². The first kappa shape index (κ1) is 20.1. The van der Waals surface area contributed by atoms with E-state index >= 15 is 0 Å². The normalized spacial score (nSPS) is 10.0. The standard InChI is InChI=1S/C20H24N2O5/c1-4-26-16-8-6-15(7-9-16)22-19(23)12-21-20(24)13-27-17-10-5-14(2)11-18(17)25-3/h5-11H,4,12-13H2,1-3H3,(H,21,24)(H,22,23). The van der Waals surface area contributed by atoms with Crippen molar-refractivity contribution in [2.24, 2.45) is 0 Å². The van der Waals surface area contributed by atoms with Gasteiger partial charge in [-0.2, -0.15) is 0 Å². The minimum atomic E-state index is -0.403. The van der Waals surface area contributed by atoms with Crippen LogP contribution in [0.15, 0.2) is 42.5 Å². The summed E-state index contributed by atoms with van der Waals surface area (Å²) < 4.78 is 16.0. The Bertz CT molecular complexity index is 774. The van der Waals surface area contributed by atoms with Gasteiger partial charge >= 0.3 is 0 Å². The zero-order valence-corrected chi connectivity index (χ0v) is 15.7. The molecule has 144 valence electrons. The summed E-state index contributed by atoms with van der Waals surface area (Å²) in [4.78, 5) is 23.8. The van der Waals surface area contributed by atoms with E-state index < -0.39 is 5.91 Å². The quantitative estimate of drug-likeness (QED) is 0.706. The van der Waals surface area contributed by atoms with Crippen molar-refractivity contribution >= 4 is 17.5 Å². The molecule has 0 aromatic heterocycles. The molecular formula is C20H24N2O5. The molecule has 7 nitrogen and oxygen atoms in total. The summed E-state index contributed by atoms with van der Waals surface area (Å²) in [5.74, 6) is 1.01. The maximum Gasteiger partial charge on any atom is 0.258 e. The zero-order chi connectivity index (χ0) is 19.6. The van der Waals surface area contributed by atoms with E-state index in [1.165, 1.54) is 7.11 Å². The van der Waals surface area contributed by atoms with E-state index in [-0.39, 0.29) is 19.1 Å².